The van der Waals surface area contributed by atoms with Crippen LogP contribution in [-0.2, 0) is 14.3 Å². The largest absolute Gasteiger partial charge is 0.461 e. The van der Waals surface area contributed by atoms with Gasteiger partial charge in [0.1, 0.15) is 6.10 Å². The summed E-state index contributed by atoms with van der Waals surface area (Å²) in [5, 5.41) is 0. The van der Waals surface area contributed by atoms with Crippen LogP contribution in [0.25, 0.3) is 0 Å². The summed E-state index contributed by atoms with van der Waals surface area (Å²) in [5.41, 5.74) is 1.85. The van der Waals surface area contributed by atoms with Gasteiger partial charge in [-0.25, -0.2) is 0 Å². The van der Waals surface area contributed by atoms with Crippen LogP contribution in [0.3, 0.4) is 0 Å². The zero-order valence-electron chi connectivity index (χ0n) is 16.2. The highest BCUT2D eigenvalue weighted by Crippen LogP contribution is 2.54. The summed E-state index contributed by atoms with van der Waals surface area (Å²) in [5.74, 6) is 0.936. The summed E-state index contributed by atoms with van der Waals surface area (Å²) in [6.45, 7) is 11.6. The minimum Gasteiger partial charge on any atom is -0.461 e. The molecule has 0 amide bonds. The summed E-state index contributed by atoms with van der Waals surface area (Å²) >= 11 is 0. The van der Waals surface area contributed by atoms with Crippen LogP contribution < -0.4 is 0 Å². The average Bonchev–Trinajstić information content (AvgIpc) is 2.79. The molecule has 0 spiro atoms. The molecule has 0 radical (unpaired) electrons. The number of fused-ring (bicyclic) bond motifs is 2. The first-order valence-corrected chi connectivity index (χ1v) is 10.2. The first-order valence-electron chi connectivity index (χ1n) is 10.2. The number of carbonyl (C=O) groups excluding carboxylic acids is 1. The molecule has 0 aromatic carbocycles. The van der Waals surface area contributed by atoms with Crippen molar-refractivity contribution >= 4 is 5.97 Å². The molecule has 0 aromatic rings. The van der Waals surface area contributed by atoms with Crippen molar-refractivity contribution in [3.05, 3.63) is 11.6 Å². The van der Waals surface area contributed by atoms with Crippen molar-refractivity contribution in [1.82, 2.24) is 4.90 Å². The van der Waals surface area contributed by atoms with Crippen LogP contribution in [0.15, 0.2) is 11.6 Å². The molecule has 4 rings (SSSR count). The van der Waals surface area contributed by atoms with Gasteiger partial charge in [0, 0.05) is 25.6 Å². The van der Waals surface area contributed by atoms with Crippen LogP contribution in [0.2, 0.25) is 0 Å². The van der Waals surface area contributed by atoms with Crippen molar-refractivity contribution in [2.75, 3.05) is 19.6 Å². The fourth-order valence-electron chi connectivity index (χ4n) is 5.97. The molecule has 3 fully saturated rings. The number of carbonyl (C=O) groups is 1. The van der Waals surface area contributed by atoms with Gasteiger partial charge in [0.15, 0.2) is 0 Å². The number of allylic oxidation sites excluding steroid dienone is 1. The van der Waals surface area contributed by atoms with Crippen molar-refractivity contribution in [1.29, 1.82) is 0 Å². The number of ether oxygens (including phenoxy) is 2. The number of nitrogens with zero attached hydrogens (tertiary/aromatic N) is 1. The van der Waals surface area contributed by atoms with Crippen molar-refractivity contribution in [3.63, 3.8) is 0 Å². The highest BCUT2D eigenvalue weighted by atomic mass is 16.6. The summed E-state index contributed by atoms with van der Waals surface area (Å²) in [4.78, 5) is 15.1. The second-order valence-electron chi connectivity index (χ2n) is 9.32. The number of morpholine rings is 1. The normalized spacial score (nSPS) is 47.7. The first-order chi connectivity index (χ1) is 11.9. The zero-order chi connectivity index (χ0) is 17.8. The summed E-state index contributed by atoms with van der Waals surface area (Å²) in [7, 11) is 0. The van der Waals surface area contributed by atoms with E-state index in [2.05, 4.69) is 38.7 Å². The number of hydrogen-bond donors (Lipinski definition) is 0. The molecule has 0 aromatic heterocycles. The minimum absolute atomic E-state index is 0.00586. The van der Waals surface area contributed by atoms with Crippen molar-refractivity contribution in [3.8, 4) is 0 Å². The van der Waals surface area contributed by atoms with E-state index in [0.717, 1.165) is 26.1 Å². The van der Waals surface area contributed by atoms with Gasteiger partial charge in [-0.3, -0.25) is 9.69 Å². The SMILES string of the molecule is C[C@@H]1CN(C[C@@H]2C(=O)O[C@@H]3C[C@@]4(C)CCC[C@H](C)C4=C[C@H]23)C[C@H](C)O1. The summed E-state index contributed by atoms with van der Waals surface area (Å²) in [6, 6.07) is 0. The van der Waals surface area contributed by atoms with Crippen LogP contribution >= 0.6 is 0 Å². The van der Waals surface area contributed by atoms with Crippen molar-refractivity contribution in [2.45, 2.75) is 71.7 Å². The third-order valence-electron chi connectivity index (χ3n) is 7.03. The van der Waals surface area contributed by atoms with Crippen LogP contribution in [0, 0.1) is 23.2 Å². The lowest BCUT2D eigenvalue weighted by Gasteiger charge is -2.46. The highest BCUT2D eigenvalue weighted by Gasteiger charge is 2.52. The van der Waals surface area contributed by atoms with Gasteiger partial charge in [-0.2, -0.15) is 0 Å². The predicted octanol–water partition coefficient (Wildman–Crippen LogP) is 3.41. The molecule has 140 valence electrons. The molecular formula is C21H33NO3. The summed E-state index contributed by atoms with van der Waals surface area (Å²) in [6.07, 6.45) is 7.88. The molecular weight excluding hydrogens is 314 g/mol. The maximum absolute atomic E-state index is 12.7. The molecule has 2 aliphatic heterocycles. The van der Waals surface area contributed by atoms with Crippen molar-refractivity contribution in [2.24, 2.45) is 23.2 Å². The van der Waals surface area contributed by atoms with E-state index in [9.17, 15) is 4.79 Å². The molecule has 4 nitrogen and oxygen atoms in total. The molecule has 7 atom stereocenters. The van der Waals surface area contributed by atoms with E-state index in [4.69, 9.17) is 9.47 Å². The van der Waals surface area contributed by atoms with Gasteiger partial charge >= 0.3 is 5.97 Å². The second kappa shape index (κ2) is 6.38. The summed E-state index contributed by atoms with van der Waals surface area (Å²) < 4.78 is 11.7. The van der Waals surface area contributed by atoms with Gasteiger partial charge in [-0.15, -0.1) is 0 Å². The van der Waals surface area contributed by atoms with Gasteiger partial charge in [-0.05, 0) is 44.4 Å². The lowest BCUT2D eigenvalue weighted by Crippen LogP contribution is -2.48. The fourth-order valence-corrected chi connectivity index (χ4v) is 5.97. The molecule has 2 aliphatic carbocycles. The van der Waals surface area contributed by atoms with Crippen molar-refractivity contribution < 1.29 is 14.3 Å². The Balaban J connectivity index is 1.55. The van der Waals surface area contributed by atoms with E-state index in [1.54, 1.807) is 5.57 Å². The maximum Gasteiger partial charge on any atom is 0.311 e. The van der Waals surface area contributed by atoms with E-state index in [1.165, 1.54) is 19.3 Å². The standard InChI is InChI=1S/C21H33NO3/c1-13-6-5-7-21(4)9-19-16(8-18(13)21)17(20(23)25-19)12-22-10-14(2)24-15(3)11-22/h8,13-17,19H,5-7,9-12H2,1-4H3/t13-,14-,15+,16+,17-,19+,21+/m0/s1. The topological polar surface area (TPSA) is 38.8 Å². The molecule has 0 N–H and O–H groups in total. The Morgan fingerprint density at radius 1 is 1.24 bits per heavy atom. The Hall–Kier alpha value is -0.870. The minimum atomic E-state index is -0.00586. The third kappa shape index (κ3) is 3.16. The Bertz CT molecular complexity index is 563. The van der Waals surface area contributed by atoms with Crippen LogP contribution in [0.4, 0.5) is 0 Å². The van der Waals surface area contributed by atoms with E-state index in [1.807, 2.05) is 0 Å². The Morgan fingerprint density at radius 3 is 2.68 bits per heavy atom. The van der Waals surface area contributed by atoms with Gasteiger partial charge in [-0.1, -0.05) is 31.9 Å². The van der Waals surface area contributed by atoms with Gasteiger partial charge in [0.05, 0.1) is 18.1 Å². The number of esters is 1. The van der Waals surface area contributed by atoms with E-state index in [-0.39, 0.29) is 41.5 Å². The quantitative estimate of drug-likeness (QED) is 0.567. The first kappa shape index (κ1) is 17.5. The molecule has 2 heterocycles. The zero-order valence-corrected chi connectivity index (χ0v) is 16.2. The predicted molar refractivity (Wildman–Crippen MR) is 97.1 cm³/mol. The second-order valence-corrected chi connectivity index (χ2v) is 9.32. The van der Waals surface area contributed by atoms with Crippen LogP contribution in [0.1, 0.15) is 53.4 Å². The fraction of sp³-hybridized carbons (Fsp3) is 0.857. The Labute approximate surface area is 151 Å². The highest BCUT2D eigenvalue weighted by molar-refractivity contribution is 5.76. The molecule has 0 unspecified atom stereocenters. The van der Waals surface area contributed by atoms with Crippen LogP contribution in [-0.4, -0.2) is 48.8 Å². The molecule has 1 saturated carbocycles. The molecule has 25 heavy (non-hydrogen) atoms. The third-order valence-corrected chi connectivity index (χ3v) is 7.03. The van der Waals surface area contributed by atoms with E-state index in [0.29, 0.717) is 5.92 Å². The Kier molecular flexibility index (Phi) is 4.48. The maximum atomic E-state index is 12.7. The number of hydrogen-bond acceptors (Lipinski definition) is 4. The number of rotatable bonds is 2. The van der Waals surface area contributed by atoms with Gasteiger partial charge in [0.25, 0.3) is 0 Å². The molecule has 4 heteroatoms. The van der Waals surface area contributed by atoms with E-state index < -0.39 is 0 Å². The molecule has 0 bridgehead atoms. The van der Waals surface area contributed by atoms with E-state index >= 15 is 0 Å². The lowest BCUT2D eigenvalue weighted by atomic mass is 9.59. The Morgan fingerprint density at radius 2 is 1.96 bits per heavy atom. The van der Waals surface area contributed by atoms with Gasteiger partial charge < -0.3 is 9.47 Å². The molecule has 4 aliphatic rings. The molecule has 2 saturated heterocycles. The smallest absolute Gasteiger partial charge is 0.311 e. The lowest BCUT2D eigenvalue weighted by molar-refractivity contribution is -0.146. The monoisotopic (exact) mass is 347 g/mol. The average molecular weight is 347 g/mol. The van der Waals surface area contributed by atoms with Crippen LogP contribution in [0.5, 0.6) is 0 Å². The van der Waals surface area contributed by atoms with Gasteiger partial charge in [0.2, 0.25) is 0 Å².